The fourth-order valence-electron chi connectivity index (χ4n) is 15.9. The Balaban J connectivity index is 0.000000130. The SMILES string of the molecule is CC1(C)c2cnccc2-n2c3ccc(-n4c5ccccc5c5ccccc54)cc3c3cc(-n4c5ccccc5c5ccccc54)cc1c32.CC1(C)c2ncccc2-n2c3ccc(-n4c5ccccc5c5ccccc54)cc3c3cc(-c4ccccc4)cc1c32. The molecule has 18 aromatic rings. The van der Waals surface area contributed by atoms with E-state index in [1.807, 2.05) is 12.4 Å². The molecule has 89 heavy (non-hydrogen) atoms. The van der Waals surface area contributed by atoms with Gasteiger partial charge in [0.05, 0.1) is 72.2 Å². The molecule has 20 rings (SSSR count). The summed E-state index contributed by atoms with van der Waals surface area (Å²) in [7, 11) is 0. The minimum absolute atomic E-state index is 0.236. The highest BCUT2D eigenvalue weighted by Gasteiger charge is 2.39. The number of pyridine rings is 2. The summed E-state index contributed by atoms with van der Waals surface area (Å²) in [6.45, 7) is 9.32. The van der Waals surface area contributed by atoms with Crippen molar-refractivity contribution in [3.05, 3.63) is 296 Å². The average Bonchev–Trinajstić information content (AvgIpc) is 1.58. The Labute approximate surface area is 512 Å². The third-order valence-corrected chi connectivity index (χ3v) is 20.0. The maximum absolute atomic E-state index is 4.95. The number of aromatic nitrogens is 7. The summed E-state index contributed by atoms with van der Waals surface area (Å²) in [5, 5.41) is 12.7. The van der Waals surface area contributed by atoms with Crippen LogP contribution in [0.15, 0.2) is 273 Å². The molecule has 0 saturated heterocycles. The second-order valence-corrected chi connectivity index (χ2v) is 25.4. The van der Waals surface area contributed by atoms with Gasteiger partial charge in [0.15, 0.2) is 0 Å². The van der Waals surface area contributed by atoms with Gasteiger partial charge in [-0.15, -0.1) is 0 Å². The van der Waals surface area contributed by atoms with Gasteiger partial charge < -0.3 is 22.8 Å². The third kappa shape index (κ3) is 6.81. The summed E-state index contributed by atoms with van der Waals surface area (Å²) in [5.74, 6) is 0. The van der Waals surface area contributed by atoms with Crippen LogP contribution in [0.4, 0.5) is 0 Å². The van der Waals surface area contributed by atoms with Crippen molar-refractivity contribution in [2.75, 3.05) is 0 Å². The lowest BCUT2D eigenvalue weighted by molar-refractivity contribution is 0.606. The molecule has 0 radical (unpaired) electrons. The first-order valence-electron chi connectivity index (χ1n) is 30.9. The second-order valence-electron chi connectivity index (χ2n) is 25.4. The summed E-state index contributed by atoms with van der Waals surface area (Å²) >= 11 is 0. The lowest BCUT2D eigenvalue weighted by Gasteiger charge is -2.34. The molecule has 11 aromatic carbocycles. The van der Waals surface area contributed by atoms with Crippen molar-refractivity contribution in [1.29, 1.82) is 0 Å². The van der Waals surface area contributed by atoms with Crippen LogP contribution in [0.25, 0.3) is 149 Å². The minimum atomic E-state index is -0.253. The molecule has 0 spiro atoms. The van der Waals surface area contributed by atoms with E-state index in [0.29, 0.717) is 0 Å². The topological polar surface area (TPSA) is 50.4 Å². The molecule has 9 heterocycles. The molecule has 0 bridgehead atoms. The number of para-hydroxylation sites is 6. The molecule has 420 valence electrons. The Hall–Kier alpha value is -11.3. The Morgan fingerprint density at radius 1 is 0.270 bits per heavy atom. The number of fused-ring (bicyclic) bond motifs is 19. The van der Waals surface area contributed by atoms with E-state index in [1.165, 1.54) is 160 Å². The van der Waals surface area contributed by atoms with Gasteiger partial charge in [0.25, 0.3) is 0 Å². The Morgan fingerprint density at radius 3 is 1.19 bits per heavy atom. The average molecular weight is 1140 g/mol. The van der Waals surface area contributed by atoms with Gasteiger partial charge in [-0.05, 0) is 151 Å². The van der Waals surface area contributed by atoms with E-state index >= 15 is 0 Å². The Kier molecular flexibility index (Phi) is 10.2. The van der Waals surface area contributed by atoms with E-state index in [0.717, 1.165) is 11.4 Å². The van der Waals surface area contributed by atoms with Gasteiger partial charge in [-0.25, -0.2) is 0 Å². The number of nitrogens with zero attached hydrogens (tertiary/aromatic N) is 7. The van der Waals surface area contributed by atoms with E-state index in [2.05, 4.69) is 316 Å². The summed E-state index contributed by atoms with van der Waals surface area (Å²) in [5.41, 5.74) is 25.1. The van der Waals surface area contributed by atoms with Crippen molar-refractivity contribution in [3.8, 4) is 39.6 Å². The van der Waals surface area contributed by atoms with Crippen LogP contribution in [-0.2, 0) is 10.8 Å². The monoisotopic (exact) mass is 1140 g/mol. The highest BCUT2D eigenvalue weighted by molar-refractivity contribution is 6.17. The number of benzene rings is 11. The van der Waals surface area contributed by atoms with E-state index in [9.17, 15) is 0 Å². The third-order valence-electron chi connectivity index (χ3n) is 20.0. The number of hydrogen-bond acceptors (Lipinski definition) is 2. The van der Waals surface area contributed by atoms with E-state index in [4.69, 9.17) is 4.98 Å². The van der Waals surface area contributed by atoms with Gasteiger partial charge in [0, 0.05) is 106 Å². The maximum Gasteiger partial charge on any atom is 0.0744 e. The van der Waals surface area contributed by atoms with E-state index in [1.54, 1.807) is 0 Å². The summed E-state index contributed by atoms with van der Waals surface area (Å²) in [6, 6.07) is 93.3. The largest absolute Gasteiger partial charge is 0.309 e. The van der Waals surface area contributed by atoms with Crippen LogP contribution in [-0.4, -0.2) is 32.8 Å². The lowest BCUT2D eigenvalue weighted by Crippen LogP contribution is -2.27. The van der Waals surface area contributed by atoms with Crippen molar-refractivity contribution in [2.24, 2.45) is 0 Å². The number of rotatable bonds is 4. The van der Waals surface area contributed by atoms with Crippen LogP contribution in [0, 0.1) is 0 Å². The molecule has 0 unspecified atom stereocenters. The van der Waals surface area contributed by atoms with E-state index < -0.39 is 0 Å². The van der Waals surface area contributed by atoms with Gasteiger partial charge >= 0.3 is 0 Å². The fraction of sp³-hybridized carbons (Fsp3) is 0.0732. The van der Waals surface area contributed by atoms with Crippen molar-refractivity contribution >= 4 is 109 Å². The van der Waals surface area contributed by atoms with Crippen molar-refractivity contribution in [2.45, 2.75) is 38.5 Å². The van der Waals surface area contributed by atoms with Crippen LogP contribution < -0.4 is 0 Å². The summed E-state index contributed by atoms with van der Waals surface area (Å²) in [6.07, 6.45) is 5.92. The highest BCUT2D eigenvalue weighted by atomic mass is 15.1. The van der Waals surface area contributed by atoms with Gasteiger partial charge in [-0.1, -0.05) is 153 Å². The summed E-state index contributed by atoms with van der Waals surface area (Å²) < 4.78 is 12.2. The normalized spacial score (nSPS) is 13.8. The molecule has 0 fully saturated rings. The van der Waals surface area contributed by atoms with Gasteiger partial charge in [-0.2, -0.15) is 0 Å². The van der Waals surface area contributed by atoms with Crippen LogP contribution in [0.2, 0.25) is 0 Å². The molecule has 0 N–H and O–H groups in total. The second kappa shape index (κ2) is 18.1. The van der Waals surface area contributed by atoms with Gasteiger partial charge in [-0.3, -0.25) is 9.97 Å². The first-order valence-corrected chi connectivity index (χ1v) is 30.9. The highest BCUT2D eigenvalue weighted by Crippen LogP contribution is 2.51. The quantitative estimate of drug-likeness (QED) is 0.176. The number of hydrogen-bond donors (Lipinski definition) is 0. The van der Waals surface area contributed by atoms with Gasteiger partial charge in [0.1, 0.15) is 0 Å². The molecule has 0 aliphatic carbocycles. The molecule has 7 heteroatoms. The molecule has 2 aliphatic heterocycles. The van der Waals surface area contributed by atoms with Crippen LogP contribution in [0.5, 0.6) is 0 Å². The van der Waals surface area contributed by atoms with Crippen LogP contribution in [0.3, 0.4) is 0 Å². The standard InChI is InChI=1S/C44H30N4.C38H27N3/c1-44(2)35-25-28(47-39-17-9-5-13-31(39)32-14-6-10-18-40(32)47)24-34-33-23-27(19-20-41(33)48(43(34)35)42-21-22-45-26-36(42)44)46-37-15-7-3-11-29(37)30-12-4-8-16-38(30)46;1-38(2)31-22-25(24-11-4-3-5-12-24)21-30-29-23-26(18-19-34(29)41(36(30)31)35-17-10-20-39-37(35)38)40-32-15-8-6-13-27(32)28-14-7-9-16-33(28)40/h3-26H,1-2H3;3-23H,1-2H3. The van der Waals surface area contributed by atoms with Crippen molar-refractivity contribution in [3.63, 3.8) is 0 Å². The molecular weight excluding hydrogens is 1080 g/mol. The van der Waals surface area contributed by atoms with E-state index in [-0.39, 0.29) is 10.8 Å². The lowest BCUT2D eigenvalue weighted by atomic mass is 9.75. The predicted octanol–water partition coefficient (Wildman–Crippen LogP) is 20.6. The first kappa shape index (κ1) is 49.9. The molecule has 2 aliphatic rings. The molecular formula is C82H57N7. The summed E-state index contributed by atoms with van der Waals surface area (Å²) in [4.78, 5) is 9.58. The molecule has 7 aromatic heterocycles. The molecule has 0 saturated carbocycles. The van der Waals surface area contributed by atoms with Gasteiger partial charge in [0.2, 0.25) is 0 Å². The Morgan fingerprint density at radius 2 is 0.685 bits per heavy atom. The molecule has 0 atom stereocenters. The fourth-order valence-corrected chi connectivity index (χ4v) is 15.9. The zero-order valence-electron chi connectivity index (χ0n) is 49.6. The smallest absolute Gasteiger partial charge is 0.0744 e. The Bertz CT molecular complexity index is 5900. The predicted molar refractivity (Wildman–Crippen MR) is 370 cm³/mol. The first-order chi connectivity index (χ1) is 43.7. The molecule has 0 amide bonds. The zero-order chi connectivity index (χ0) is 59.0. The minimum Gasteiger partial charge on any atom is -0.309 e. The molecule has 7 nitrogen and oxygen atoms in total. The zero-order valence-corrected chi connectivity index (χ0v) is 49.6. The maximum atomic E-state index is 4.95. The van der Waals surface area contributed by atoms with Crippen LogP contribution in [0.1, 0.15) is 50.1 Å². The van der Waals surface area contributed by atoms with Crippen molar-refractivity contribution in [1.82, 2.24) is 32.8 Å². The van der Waals surface area contributed by atoms with Crippen molar-refractivity contribution < 1.29 is 0 Å². The van der Waals surface area contributed by atoms with Crippen LogP contribution >= 0.6 is 0 Å².